The van der Waals surface area contributed by atoms with E-state index in [1.807, 2.05) is 0 Å². The minimum absolute atomic E-state index is 0.0219. The van der Waals surface area contributed by atoms with Crippen molar-refractivity contribution in [3.63, 3.8) is 0 Å². The number of aromatic nitrogens is 2. The maximum atomic E-state index is 10.6. The predicted octanol–water partition coefficient (Wildman–Crippen LogP) is 0.941. The van der Waals surface area contributed by atoms with E-state index in [9.17, 15) is 4.79 Å². The van der Waals surface area contributed by atoms with E-state index in [-0.39, 0.29) is 5.69 Å². The first-order valence-electron chi connectivity index (χ1n) is 4.72. The molecule has 78 valence electrons. The molecule has 5 heteroatoms. The number of rotatable bonds is 2. The van der Waals surface area contributed by atoms with Gasteiger partial charge in [0.05, 0.1) is 12.4 Å². The van der Waals surface area contributed by atoms with Crippen molar-refractivity contribution in [1.82, 2.24) is 9.97 Å². The summed E-state index contributed by atoms with van der Waals surface area (Å²) < 4.78 is 0. The standard InChI is InChI=1S/C10H11N3O2/c14-10(15)8-6-12-9(7-11-8)13-4-2-1-3-5-13/h1-2,6-7H,3-5H2,(H,14,15). The van der Waals surface area contributed by atoms with E-state index in [0.29, 0.717) is 0 Å². The summed E-state index contributed by atoms with van der Waals surface area (Å²) in [7, 11) is 0. The molecule has 1 aliphatic heterocycles. The zero-order chi connectivity index (χ0) is 10.7. The van der Waals surface area contributed by atoms with Crippen molar-refractivity contribution in [2.45, 2.75) is 6.42 Å². The fourth-order valence-corrected chi connectivity index (χ4v) is 1.44. The molecule has 1 N–H and O–H groups in total. The summed E-state index contributed by atoms with van der Waals surface area (Å²) in [6, 6.07) is 0. The van der Waals surface area contributed by atoms with Crippen LogP contribution in [0.3, 0.4) is 0 Å². The summed E-state index contributed by atoms with van der Waals surface area (Å²) in [6.07, 6.45) is 7.97. The second kappa shape index (κ2) is 4.08. The number of nitrogens with zero attached hydrogens (tertiary/aromatic N) is 3. The molecule has 5 nitrogen and oxygen atoms in total. The fourth-order valence-electron chi connectivity index (χ4n) is 1.44. The van der Waals surface area contributed by atoms with E-state index in [4.69, 9.17) is 5.11 Å². The largest absolute Gasteiger partial charge is 0.476 e. The Hall–Kier alpha value is -1.91. The van der Waals surface area contributed by atoms with Crippen molar-refractivity contribution in [1.29, 1.82) is 0 Å². The molecule has 0 aliphatic carbocycles. The van der Waals surface area contributed by atoms with Gasteiger partial charge in [0.2, 0.25) is 0 Å². The molecule has 1 aliphatic rings. The van der Waals surface area contributed by atoms with Crippen molar-refractivity contribution in [3.05, 3.63) is 30.2 Å². The Morgan fingerprint density at radius 3 is 2.73 bits per heavy atom. The molecule has 15 heavy (non-hydrogen) atoms. The summed E-state index contributed by atoms with van der Waals surface area (Å²) in [4.78, 5) is 20.5. The van der Waals surface area contributed by atoms with Crippen molar-refractivity contribution >= 4 is 11.8 Å². The SMILES string of the molecule is O=C(O)c1cnc(N2CC=CCC2)cn1. The quantitative estimate of drug-likeness (QED) is 0.728. The van der Waals surface area contributed by atoms with Gasteiger partial charge in [-0.15, -0.1) is 0 Å². The van der Waals surface area contributed by atoms with Gasteiger partial charge in [-0.25, -0.2) is 14.8 Å². The number of hydrogen-bond donors (Lipinski definition) is 1. The smallest absolute Gasteiger partial charge is 0.356 e. The van der Waals surface area contributed by atoms with E-state index in [2.05, 4.69) is 27.0 Å². The van der Waals surface area contributed by atoms with Gasteiger partial charge >= 0.3 is 5.97 Å². The third-order valence-electron chi connectivity index (χ3n) is 2.24. The lowest BCUT2D eigenvalue weighted by atomic mass is 10.2. The highest BCUT2D eigenvalue weighted by Gasteiger charge is 2.10. The van der Waals surface area contributed by atoms with Crippen LogP contribution < -0.4 is 4.90 Å². The summed E-state index contributed by atoms with van der Waals surface area (Å²) in [5, 5.41) is 8.66. The van der Waals surface area contributed by atoms with E-state index in [0.717, 1.165) is 25.3 Å². The average Bonchev–Trinajstić information content (AvgIpc) is 2.30. The van der Waals surface area contributed by atoms with Gasteiger partial charge < -0.3 is 10.0 Å². The maximum absolute atomic E-state index is 10.6. The van der Waals surface area contributed by atoms with Crippen LogP contribution in [0.1, 0.15) is 16.9 Å². The molecule has 0 saturated heterocycles. The number of carboxylic acids is 1. The van der Waals surface area contributed by atoms with Gasteiger partial charge in [-0.1, -0.05) is 12.2 Å². The molecule has 0 radical (unpaired) electrons. The van der Waals surface area contributed by atoms with Crippen LogP contribution in [0.2, 0.25) is 0 Å². The number of hydrogen-bond acceptors (Lipinski definition) is 4. The lowest BCUT2D eigenvalue weighted by Crippen LogP contribution is -2.27. The topological polar surface area (TPSA) is 66.3 Å². The summed E-state index contributed by atoms with van der Waals surface area (Å²) in [5.41, 5.74) is -0.0219. The first-order valence-corrected chi connectivity index (χ1v) is 4.72. The zero-order valence-electron chi connectivity index (χ0n) is 8.13. The minimum atomic E-state index is -1.05. The number of anilines is 1. The van der Waals surface area contributed by atoms with E-state index in [1.165, 1.54) is 12.4 Å². The van der Waals surface area contributed by atoms with Crippen molar-refractivity contribution in [2.75, 3.05) is 18.0 Å². The normalized spacial score (nSPS) is 15.3. The van der Waals surface area contributed by atoms with Crippen molar-refractivity contribution in [2.24, 2.45) is 0 Å². The van der Waals surface area contributed by atoms with Crippen LogP contribution in [0.4, 0.5) is 5.82 Å². The highest BCUT2D eigenvalue weighted by atomic mass is 16.4. The number of carboxylic acid groups (broad SMARTS) is 1. The van der Waals surface area contributed by atoms with Crippen LogP contribution in [-0.2, 0) is 0 Å². The lowest BCUT2D eigenvalue weighted by Gasteiger charge is -2.23. The Kier molecular flexibility index (Phi) is 2.62. The molecule has 0 bridgehead atoms. The Morgan fingerprint density at radius 2 is 2.20 bits per heavy atom. The predicted molar refractivity (Wildman–Crippen MR) is 55.0 cm³/mol. The van der Waals surface area contributed by atoms with E-state index in [1.54, 1.807) is 0 Å². The Balaban J connectivity index is 2.16. The van der Waals surface area contributed by atoms with Crippen LogP contribution in [-0.4, -0.2) is 34.1 Å². The Bertz CT molecular complexity index is 386. The second-order valence-corrected chi connectivity index (χ2v) is 3.27. The molecule has 0 unspecified atom stereocenters. The van der Waals surface area contributed by atoms with Gasteiger partial charge in [-0.3, -0.25) is 0 Å². The van der Waals surface area contributed by atoms with Crippen LogP contribution >= 0.6 is 0 Å². The second-order valence-electron chi connectivity index (χ2n) is 3.27. The average molecular weight is 205 g/mol. The zero-order valence-corrected chi connectivity index (χ0v) is 8.13. The molecule has 0 saturated carbocycles. The monoisotopic (exact) mass is 205 g/mol. The molecule has 0 amide bonds. The molecule has 0 aromatic carbocycles. The number of aromatic carboxylic acids is 1. The molecular weight excluding hydrogens is 194 g/mol. The lowest BCUT2D eigenvalue weighted by molar-refractivity contribution is 0.0690. The van der Waals surface area contributed by atoms with Gasteiger partial charge in [-0.2, -0.15) is 0 Å². The third-order valence-corrected chi connectivity index (χ3v) is 2.24. The van der Waals surface area contributed by atoms with Crippen LogP contribution in [0.5, 0.6) is 0 Å². The van der Waals surface area contributed by atoms with Crippen LogP contribution in [0, 0.1) is 0 Å². The van der Waals surface area contributed by atoms with Crippen molar-refractivity contribution < 1.29 is 9.90 Å². The molecular formula is C10H11N3O2. The third kappa shape index (κ3) is 2.12. The molecule has 2 rings (SSSR count). The van der Waals surface area contributed by atoms with Crippen LogP contribution in [0.15, 0.2) is 24.5 Å². The van der Waals surface area contributed by atoms with Gasteiger partial charge in [0.15, 0.2) is 5.69 Å². The van der Waals surface area contributed by atoms with Gasteiger partial charge in [0.25, 0.3) is 0 Å². The summed E-state index contributed by atoms with van der Waals surface area (Å²) in [6.45, 7) is 1.71. The van der Waals surface area contributed by atoms with Gasteiger partial charge in [0.1, 0.15) is 5.82 Å². The highest BCUT2D eigenvalue weighted by molar-refractivity contribution is 5.84. The maximum Gasteiger partial charge on any atom is 0.356 e. The van der Waals surface area contributed by atoms with Gasteiger partial charge in [-0.05, 0) is 6.42 Å². The molecule has 1 aromatic rings. The van der Waals surface area contributed by atoms with Crippen LogP contribution in [0.25, 0.3) is 0 Å². The van der Waals surface area contributed by atoms with Crippen molar-refractivity contribution in [3.8, 4) is 0 Å². The van der Waals surface area contributed by atoms with E-state index < -0.39 is 5.97 Å². The molecule has 0 fully saturated rings. The first kappa shape index (κ1) is 9.64. The molecule has 0 atom stereocenters. The molecule has 1 aromatic heterocycles. The first-order chi connectivity index (χ1) is 7.27. The molecule has 0 spiro atoms. The summed E-state index contributed by atoms with van der Waals surface area (Å²) in [5.74, 6) is -0.322. The minimum Gasteiger partial charge on any atom is -0.476 e. The Labute approximate surface area is 87.1 Å². The summed E-state index contributed by atoms with van der Waals surface area (Å²) >= 11 is 0. The highest BCUT2D eigenvalue weighted by Crippen LogP contribution is 2.12. The molecule has 2 heterocycles. The van der Waals surface area contributed by atoms with Gasteiger partial charge in [0, 0.05) is 13.1 Å². The van der Waals surface area contributed by atoms with E-state index >= 15 is 0 Å². The fraction of sp³-hybridized carbons (Fsp3) is 0.300. The Morgan fingerprint density at radius 1 is 1.33 bits per heavy atom. The number of carbonyl (C=O) groups is 1.